The number of aromatic nitrogens is 1. The van der Waals surface area contributed by atoms with Crippen LogP contribution in [0.5, 0.6) is 5.88 Å². The number of fused-ring (bicyclic) bond motifs is 1. The van der Waals surface area contributed by atoms with E-state index in [4.69, 9.17) is 9.84 Å². The van der Waals surface area contributed by atoms with Gasteiger partial charge in [0.15, 0.2) is 0 Å². The number of amides is 1. The van der Waals surface area contributed by atoms with Crippen molar-refractivity contribution >= 4 is 34.9 Å². The zero-order chi connectivity index (χ0) is 16.5. The Kier molecular flexibility index (Phi) is 8.25. The van der Waals surface area contributed by atoms with Crippen molar-refractivity contribution < 1.29 is 19.4 Å². The Hall–Kier alpha value is -3.28. The van der Waals surface area contributed by atoms with Crippen LogP contribution >= 0.6 is 11.8 Å². The third kappa shape index (κ3) is 5.92. The molecule has 0 bridgehead atoms. The van der Waals surface area contributed by atoms with E-state index >= 15 is 0 Å². The van der Waals surface area contributed by atoms with Crippen LogP contribution in [0.2, 0.25) is 0 Å². The van der Waals surface area contributed by atoms with Gasteiger partial charge in [0.1, 0.15) is 5.37 Å². The average molecular weight is 578 g/mol. The summed E-state index contributed by atoms with van der Waals surface area (Å²) in [6, 6.07) is 8.22. The second-order valence-corrected chi connectivity index (χ2v) is 5.22. The number of carboxylic acid groups (broad SMARTS) is 1. The first-order valence-electron chi connectivity index (χ1n) is 6.30. The molecule has 1 amide bonds. The van der Waals surface area contributed by atoms with Crippen LogP contribution in [0.4, 0.5) is 0 Å². The molecule has 1 aromatic carbocycles. The zero-order valence-electron chi connectivity index (χ0n) is 12.8. The molecule has 1 unspecified atom stereocenters. The van der Waals surface area contributed by atoms with E-state index < -0.39 is 11.3 Å². The van der Waals surface area contributed by atoms with Crippen LogP contribution in [0.25, 0.3) is 10.8 Å². The zero-order valence-corrected chi connectivity index (χ0v) is 16.0. The third-order valence-corrected chi connectivity index (χ3v) is 3.50. The summed E-state index contributed by atoms with van der Waals surface area (Å²) in [5.41, 5.74) is 1.25. The molecule has 0 fully saturated rings. The van der Waals surface area contributed by atoms with E-state index in [1.807, 2.05) is 17.6 Å². The van der Waals surface area contributed by atoms with Crippen molar-refractivity contribution in [3.63, 3.8) is 0 Å². The molecular formula is C15H17FmN2O4S-. The predicted octanol–water partition coefficient (Wildman–Crippen LogP) is 1.97. The number of nitrogens with zero attached hydrogens (tertiary/aromatic N) is 1. The first-order valence-corrected chi connectivity index (χ1v) is 7.59. The normalized spacial score (nSPS) is 10.6. The molecule has 0 aliphatic carbocycles. The summed E-state index contributed by atoms with van der Waals surface area (Å²) in [6.45, 7) is 2.07. The monoisotopic (exact) mass is 578 g/mol. The molecule has 0 saturated carbocycles. The molecule has 0 spiro atoms. The molecule has 8 heteroatoms. The van der Waals surface area contributed by atoms with E-state index in [0.717, 1.165) is 22.5 Å². The Morgan fingerprint density at radius 2 is 2.09 bits per heavy atom. The molecule has 1 aromatic heterocycles. The second-order valence-electron chi connectivity index (χ2n) is 4.28. The van der Waals surface area contributed by atoms with E-state index in [9.17, 15) is 9.59 Å². The summed E-state index contributed by atoms with van der Waals surface area (Å²) < 4.78 is 5.04. The molecule has 1 atom stereocenters. The number of aryl methyl sites for hydroxylation is 1. The molecule has 2 N–H and O–H groups in total. The van der Waals surface area contributed by atoms with Crippen molar-refractivity contribution in [2.24, 2.45) is 0 Å². The number of hydrogen-bond acceptors (Lipinski definition) is 5. The standard InChI is InChI=1S/C11H11NO.C4H6NO3S.Fm/c1-8-3-4-9-6-11(13-2)12-7-10(9)5-8;1-9-3(4(7)8)5-2-6;/h3-7H,1-2H3;3H,1H3,(H,5,6)(H,7,8);/q;-1;. The van der Waals surface area contributed by atoms with Gasteiger partial charge in [0.2, 0.25) is 5.88 Å². The van der Waals surface area contributed by atoms with Crippen molar-refractivity contribution in [2.75, 3.05) is 13.4 Å². The SMILES string of the molecule is COc1cc2ccc(C)cc2cn1.CSC(N[C-]=O)C(=O)O.[Fm]. The minimum Gasteiger partial charge on any atom is -0.520 e. The largest absolute Gasteiger partial charge is 0.520 e. The van der Waals surface area contributed by atoms with E-state index in [1.54, 1.807) is 13.4 Å². The van der Waals surface area contributed by atoms with Gasteiger partial charge in [-0.3, -0.25) is 0 Å². The van der Waals surface area contributed by atoms with Gasteiger partial charge in [-0.15, -0.1) is 11.8 Å². The molecule has 6 nitrogen and oxygen atoms in total. The number of nitrogens with one attached hydrogen (secondary N) is 1. The van der Waals surface area contributed by atoms with Gasteiger partial charge in [-0.1, -0.05) is 17.7 Å². The van der Waals surface area contributed by atoms with Crippen LogP contribution in [0, 0.1) is 6.92 Å². The van der Waals surface area contributed by atoms with Crippen molar-refractivity contribution in [3.8, 4) is 5.88 Å². The molecule has 0 aliphatic heterocycles. The molecular weight excluding hydrogens is 561 g/mol. The molecule has 2 rings (SSSR count). The minimum atomic E-state index is -1.06. The van der Waals surface area contributed by atoms with Crippen molar-refractivity contribution in [1.82, 2.24) is 10.3 Å². The Morgan fingerprint density at radius 1 is 1.39 bits per heavy atom. The van der Waals surface area contributed by atoms with Gasteiger partial charge in [0.05, 0.1) is 7.11 Å². The molecule has 0 radical (unpaired) electrons. The molecule has 1 heterocycles. The number of thioether (sulfide) groups is 1. The van der Waals surface area contributed by atoms with Crippen molar-refractivity contribution in [1.29, 1.82) is 0 Å². The minimum absolute atomic E-state index is 0. The number of methoxy groups -OCH3 is 1. The smallest absolute Gasteiger partial charge is 0.334 e. The number of pyridine rings is 1. The first-order chi connectivity index (χ1) is 10.5. The quantitative estimate of drug-likeness (QED) is 0.321. The van der Waals surface area contributed by atoms with Gasteiger partial charge >= 0.3 is 5.97 Å². The van der Waals surface area contributed by atoms with E-state index in [-0.39, 0.29) is 0 Å². The van der Waals surface area contributed by atoms with Crippen LogP contribution in [-0.2, 0) is 9.59 Å². The average Bonchev–Trinajstić information content (AvgIpc) is 2.52. The summed E-state index contributed by atoms with van der Waals surface area (Å²) in [6.07, 6.45) is 4.72. The van der Waals surface area contributed by atoms with E-state index in [2.05, 4.69) is 30.1 Å². The maximum Gasteiger partial charge on any atom is 0.334 e. The summed E-state index contributed by atoms with van der Waals surface area (Å²) in [7, 11) is 1.63. The Morgan fingerprint density at radius 3 is 2.57 bits per heavy atom. The van der Waals surface area contributed by atoms with E-state index in [0.29, 0.717) is 5.88 Å². The molecule has 2 aromatic rings. The van der Waals surface area contributed by atoms with Gasteiger partial charge in [-0.2, -0.15) is 6.41 Å². The van der Waals surface area contributed by atoms with Crippen LogP contribution in [0.15, 0.2) is 30.5 Å². The van der Waals surface area contributed by atoms with Gasteiger partial charge < -0.3 is 20.0 Å². The number of carbonyl (C=O) groups excluding carboxylic acids is 1. The fourth-order valence-corrected chi connectivity index (χ4v) is 2.00. The van der Waals surface area contributed by atoms with Crippen LogP contribution in [0.3, 0.4) is 0 Å². The summed E-state index contributed by atoms with van der Waals surface area (Å²) in [5.74, 6) is -0.401. The maximum absolute atomic E-state index is 10.1. The van der Waals surface area contributed by atoms with E-state index in [1.165, 1.54) is 12.0 Å². The molecule has 0 saturated heterocycles. The first kappa shape index (κ1) is 19.7. The Labute approximate surface area is 132 Å². The number of benzene rings is 1. The van der Waals surface area contributed by atoms with Gasteiger partial charge in [-0.05, 0) is 24.6 Å². The fourth-order valence-electron chi connectivity index (χ4n) is 1.63. The topological polar surface area (TPSA) is 88.5 Å². The molecule has 23 heavy (non-hydrogen) atoms. The summed E-state index contributed by atoms with van der Waals surface area (Å²) >= 11 is 1.03. The number of carbonyl (C=O) groups is 1. The third-order valence-electron chi connectivity index (χ3n) is 2.71. The van der Waals surface area contributed by atoms with Gasteiger partial charge in [0, 0.05) is 17.6 Å². The summed E-state index contributed by atoms with van der Waals surface area (Å²) in [5, 5.41) is 11.7. The number of carboxylic acids is 1. The Bertz CT molecular complexity index is 654. The van der Waals surface area contributed by atoms with Gasteiger partial charge in [0.25, 0.3) is 0 Å². The van der Waals surface area contributed by atoms with Crippen LogP contribution in [-0.4, -0.2) is 41.2 Å². The van der Waals surface area contributed by atoms with Gasteiger partial charge in [-0.25, -0.2) is 9.78 Å². The van der Waals surface area contributed by atoms with Crippen molar-refractivity contribution in [3.05, 3.63) is 36.0 Å². The van der Waals surface area contributed by atoms with Crippen molar-refractivity contribution in [2.45, 2.75) is 12.3 Å². The van der Waals surface area contributed by atoms with Crippen LogP contribution in [0.1, 0.15) is 5.56 Å². The maximum atomic E-state index is 10.1. The Balaban J connectivity index is 0.000000434. The fraction of sp³-hybridized carbons (Fsp3) is 0.267. The number of ether oxygens (including phenoxy) is 1. The number of hydrogen-bond donors (Lipinski definition) is 2. The predicted molar refractivity (Wildman–Crippen MR) is 86.8 cm³/mol. The number of rotatable bonds is 5. The second kappa shape index (κ2) is 9.62. The summed E-state index contributed by atoms with van der Waals surface area (Å²) in [4.78, 5) is 23.8. The molecule has 0 aliphatic rings. The van der Waals surface area contributed by atoms with Crippen LogP contribution < -0.4 is 10.1 Å². The molecule has 130 valence electrons. The number of aliphatic carboxylic acids is 1.